The number of rotatable bonds is 3. The summed E-state index contributed by atoms with van der Waals surface area (Å²) < 4.78 is 0. The summed E-state index contributed by atoms with van der Waals surface area (Å²) in [5.41, 5.74) is -0.403. The molecule has 0 rings (SSSR count). The highest BCUT2D eigenvalue weighted by molar-refractivity contribution is 5.66. The number of hydrogen-bond acceptors (Lipinski definition) is 3. The number of carbonyl (C=O) groups is 1. The first kappa shape index (κ1) is 14.9. The molecule has 0 aromatic carbocycles. The number of aliphatic carboxylic acids is 1. The molecule has 80 valence electrons. The molecule has 13 heavy (non-hydrogen) atoms. The monoisotopic (exact) mass is 192 g/mol. The van der Waals surface area contributed by atoms with Gasteiger partial charge in [-0.1, -0.05) is 13.3 Å². The van der Waals surface area contributed by atoms with Gasteiger partial charge in [0, 0.05) is 6.42 Å². The summed E-state index contributed by atoms with van der Waals surface area (Å²) in [5.74, 6) is -0.693. The van der Waals surface area contributed by atoms with E-state index in [1.807, 2.05) is 6.92 Å². The van der Waals surface area contributed by atoms with E-state index in [4.69, 9.17) is 10.4 Å². The van der Waals surface area contributed by atoms with E-state index in [1.165, 1.54) is 0 Å². The molecular formula is C9H20O4. The van der Waals surface area contributed by atoms with Crippen LogP contribution < -0.4 is 0 Å². The normalized spacial score (nSPS) is 10.2. The summed E-state index contributed by atoms with van der Waals surface area (Å²) in [4.78, 5) is 13.7. The van der Waals surface area contributed by atoms with Crippen LogP contribution in [-0.4, -0.2) is 21.9 Å². The molecule has 0 aromatic rings. The third-order valence-electron chi connectivity index (χ3n) is 1.02. The summed E-state index contributed by atoms with van der Waals surface area (Å²) in [6, 6.07) is 0. The zero-order chi connectivity index (χ0) is 10.9. The molecule has 0 atom stereocenters. The highest BCUT2D eigenvalue weighted by atomic mass is 17.1. The maximum atomic E-state index is 9.76. The summed E-state index contributed by atoms with van der Waals surface area (Å²) in [7, 11) is 0. The smallest absolute Gasteiger partial charge is 0.303 e. The van der Waals surface area contributed by atoms with Gasteiger partial charge in [-0.05, 0) is 27.2 Å². The average Bonchev–Trinajstić information content (AvgIpc) is 2.01. The van der Waals surface area contributed by atoms with Crippen molar-refractivity contribution in [1.82, 2.24) is 0 Å². The van der Waals surface area contributed by atoms with Crippen molar-refractivity contribution in [2.45, 2.75) is 52.6 Å². The lowest BCUT2D eigenvalue weighted by molar-refractivity contribution is -0.306. The van der Waals surface area contributed by atoms with Crippen molar-refractivity contribution in [2.75, 3.05) is 0 Å². The van der Waals surface area contributed by atoms with Crippen molar-refractivity contribution >= 4 is 5.97 Å². The fraction of sp³-hybridized carbons (Fsp3) is 0.889. The third kappa shape index (κ3) is 24.6. The molecule has 0 aromatic heterocycles. The molecule has 0 heterocycles. The van der Waals surface area contributed by atoms with Crippen molar-refractivity contribution in [3.05, 3.63) is 0 Å². The van der Waals surface area contributed by atoms with Gasteiger partial charge in [-0.15, -0.1) is 0 Å². The fourth-order valence-electron chi connectivity index (χ4n) is 0.328. The number of hydrogen-bond donors (Lipinski definition) is 2. The Hall–Kier alpha value is -0.610. The van der Waals surface area contributed by atoms with Gasteiger partial charge in [0.15, 0.2) is 0 Å². The lowest BCUT2D eigenvalue weighted by Crippen LogP contribution is -2.15. The Kier molecular flexibility index (Phi) is 9.17. The molecule has 0 spiro atoms. The molecule has 0 aliphatic heterocycles. The van der Waals surface area contributed by atoms with Gasteiger partial charge >= 0.3 is 5.97 Å². The van der Waals surface area contributed by atoms with Crippen LogP contribution in [0.1, 0.15) is 47.0 Å². The Morgan fingerprint density at radius 3 is 1.85 bits per heavy atom. The Bertz CT molecular complexity index is 126. The minimum Gasteiger partial charge on any atom is -0.481 e. The maximum Gasteiger partial charge on any atom is 0.303 e. The predicted molar refractivity (Wildman–Crippen MR) is 50.6 cm³/mol. The van der Waals surface area contributed by atoms with E-state index in [2.05, 4.69) is 4.89 Å². The molecular weight excluding hydrogens is 172 g/mol. The van der Waals surface area contributed by atoms with Gasteiger partial charge < -0.3 is 5.11 Å². The molecule has 0 amide bonds. The highest BCUT2D eigenvalue weighted by Crippen LogP contribution is 2.01. The first-order valence-electron chi connectivity index (χ1n) is 4.38. The minimum absolute atomic E-state index is 0.316. The first-order chi connectivity index (χ1) is 5.83. The first-order valence-corrected chi connectivity index (χ1v) is 4.38. The summed E-state index contributed by atoms with van der Waals surface area (Å²) >= 11 is 0. The number of carboxylic acid groups (broad SMARTS) is 1. The summed E-state index contributed by atoms with van der Waals surface area (Å²) in [6.07, 6.45) is 2.08. The fourth-order valence-corrected chi connectivity index (χ4v) is 0.328. The van der Waals surface area contributed by atoms with Crippen LogP contribution in [0.3, 0.4) is 0 Å². The van der Waals surface area contributed by atoms with Crippen LogP contribution in [0, 0.1) is 0 Å². The van der Waals surface area contributed by atoms with Crippen molar-refractivity contribution in [2.24, 2.45) is 0 Å². The van der Waals surface area contributed by atoms with Crippen molar-refractivity contribution in [3.8, 4) is 0 Å². The number of carboxylic acids is 1. The molecule has 0 fully saturated rings. The second kappa shape index (κ2) is 8.01. The van der Waals surface area contributed by atoms with E-state index < -0.39 is 11.6 Å². The van der Waals surface area contributed by atoms with Gasteiger partial charge in [-0.2, -0.15) is 0 Å². The molecule has 0 radical (unpaired) electrons. The average molecular weight is 192 g/mol. The van der Waals surface area contributed by atoms with E-state index in [0.29, 0.717) is 6.42 Å². The van der Waals surface area contributed by atoms with Crippen LogP contribution in [0.2, 0.25) is 0 Å². The van der Waals surface area contributed by atoms with E-state index >= 15 is 0 Å². The second-order valence-corrected chi connectivity index (χ2v) is 3.70. The van der Waals surface area contributed by atoms with E-state index in [0.717, 1.165) is 12.8 Å². The molecule has 0 aliphatic carbocycles. The molecule has 0 unspecified atom stereocenters. The van der Waals surface area contributed by atoms with Crippen LogP contribution in [0.15, 0.2) is 0 Å². The SMILES string of the molecule is CC(C)(C)OO.CCCCC(=O)O. The molecule has 0 aliphatic rings. The molecule has 4 nitrogen and oxygen atoms in total. The second-order valence-electron chi connectivity index (χ2n) is 3.70. The largest absolute Gasteiger partial charge is 0.481 e. The van der Waals surface area contributed by atoms with E-state index in [1.54, 1.807) is 20.8 Å². The third-order valence-corrected chi connectivity index (χ3v) is 1.02. The lowest BCUT2D eigenvalue weighted by atomic mass is 10.2. The van der Waals surface area contributed by atoms with Crippen LogP contribution in [-0.2, 0) is 9.68 Å². The van der Waals surface area contributed by atoms with Gasteiger partial charge in [0.25, 0.3) is 0 Å². The Morgan fingerprint density at radius 2 is 1.77 bits per heavy atom. The maximum absolute atomic E-state index is 9.76. The van der Waals surface area contributed by atoms with Crippen LogP contribution >= 0.6 is 0 Å². The van der Waals surface area contributed by atoms with Gasteiger partial charge in [-0.25, -0.2) is 4.89 Å². The standard InChI is InChI=1S/C5H10O2.C4H10O2/c1-2-3-4-5(6)7;1-4(2,3)6-5/h2-4H2,1H3,(H,6,7);5H,1-3H3. The van der Waals surface area contributed by atoms with E-state index in [9.17, 15) is 4.79 Å². The van der Waals surface area contributed by atoms with Crippen molar-refractivity contribution in [1.29, 1.82) is 0 Å². The summed E-state index contributed by atoms with van der Waals surface area (Å²) in [5, 5.41) is 15.9. The molecule has 0 saturated heterocycles. The highest BCUT2D eigenvalue weighted by Gasteiger charge is 2.06. The summed E-state index contributed by atoms with van der Waals surface area (Å²) in [6.45, 7) is 7.29. The predicted octanol–water partition coefficient (Wildman–Crippen LogP) is 2.54. The van der Waals surface area contributed by atoms with Gasteiger partial charge in [0.05, 0.1) is 5.60 Å². The van der Waals surface area contributed by atoms with Gasteiger partial charge in [0.2, 0.25) is 0 Å². The molecule has 0 bridgehead atoms. The van der Waals surface area contributed by atoms with Crippen molar-refractivity contribution in [3.63, 3.8) is 0 Å². The molecule has 0 saturated carbocycles. The van der Waals surface area contributed by atoms with Crippen LogP contribution in [0.4, 0.5) is 0 Å². The van der Waals surface area contributed by atoms with Gasteiger partial charge in [0.1, 0.15) is 0 Å². The topological polar surface area (TPSA) is 66.8 Å². The zero-order valence-electron chi connectivity index (χ0n) is 8.83. The van der Waals surface area contributed by atoms with Crippen LogP contribution in [0.25, 0.3) is 0 Å². The molecule has 4 heteroatoms. The molecule has 2 N–H and O–H groups in total. The van der Waals surface area contributed by atoms with E-state index in [-0.39, 0.29) is 0 Å². The minimum atomic E-state index is -0.693. The van der Waals surface area contributed by atoms with Crippen LogP contribution in [0.5, 0.6) is 0 Å². The Balaban J connectivity index is 0. The number of unbranched alkanes of at least 4 members (excludes halogenated alkanes) is 1. The Labute approximate surface area is 79.5 Å². The quantitative estimate of drug-likeness (QED) is 0.532. The van der Waals surface area contributed by atoms with Crippen molar-refractivity contribution < 1.29 is 20.0 Å². The Morgan fingerprint density at radius 1 is 1.38 bits per heavy atom. The zero-order valence-corrected chi connectivity index (χ0v) is 8.83. The van der Waals surface area contributed by atoms with Gasteiger partial charge in [-0.3, -0.25) is 10.1 Å². The lowest BCUT2D eigenvalue weighted by Gasteiger charge is -2.10.